The zero-order valence-electron chi connectivity index (χ0n) is 17.3. The highest BCUT2D eigenvalue weighted by Gasteiger charge is 2.20. The third-order valence-electron chi connectivity index (χ3n) is 5.69. The number of para-hydroxylation sites is 2. The van der Waals surface area contributed by atoms with Crippen LogP contribution < -0.4 is 15.1 Å². The van der Waals surface area contributed by atoms with Gasteiger partial charge in [-0.2, -0.15) is 0 Å². The van der Waals surface area contributed by atoms with Crippen LogP contribution in [0.3, 0.4) is 0 Å². The van der Waals surface area contributed by atoms with Gasteiger partial charge in [-0.15, -0.1) is 0 Å². The molecule has 2 aliphatic rings. The SMILES string of the molecule is CN=C(NCc1ccccc1N1CCOCC1)N1CCN(c2ccccc2)CC1. The van der Waals surface area contributed by atoms with Crippen molar-refractivity contribution in [2.45, 2.75) is 6.54 Å². The molecule has 0 unspecified atom stereocenters. The van der Waals surface area contributed by atoms with Crippen LogP contribution >= 0.6 is 0 Å². The van der Waals surface area contributed by atoms with E-state index in [0.29, 0.717) is 0 Å². The van der Waals surface area contributed by atoms with E-state index in [1.54, 1.807) is 0 Å². The molecule has 2 heterocycles. The second-order valence-electron chi connectivity index (χ2n) is 7.44. The highest BCUT2D eigenvalue weighted by molar-refractivity contribution is 5.80. The van der Waals surface area contributed by atoms with E-state index in [9.17, 15) is 0 Å². The van der Waals surface area contributed by atoms with E-state index >= 15 is 0 Å². The minimum atomic E-state index is 0.777. The number of anilines is 2. The third kappa shape index (κ3) is 4.82. The summed E-state index contributed by atoms with van der Waals surface area (Å²) >= 11 is 0. The monoisotopic (exact) mass is 393 g/mol. The molecule has 154 valence electrons. The Morgan fingerprint density at radius 3 is 2.28 bits per heavy atom. The summed E-state index contributed by atoms with van der Waals surface area (Å²) in [7, 11) is 1.87. The van der Waals surface area contributed by atoms with Crippen LogP contribution in [0, 0.1) is 0 Å². The Kier molecular flexibility index (Phi) is 6.52. The van der Waals surface area contributed by atoms with E-state index in [2.05, 4.69) is 79.6 Å². The first-order valence-electron chi connectivity index (χ1n) is 10.5. The molecule has 0 spiro atoms. The predicted molar refractivity (Wildman–Crippen MR) is 120 cm³/mol. The standard InChI is InChI=1S/C23H31N5O/c1-24-23(28-13-11-26(12-14-28)21-8-3-2-4-9-21)25-19-20-7-5-6-10-22(20)27-15-17-29-18-16-27/h2-10H,11-19H2,1H3,(H,24,25). The molecular weight excluding hydrogens is 362 g/mol. The largest absolute Gasteiger partial charge is 0.378 e. The van der Waals surface area contributed by atoms with E-state index in [1.165, 1.54) is 16.9 Å². The van der Waals surface area contributed by atoms with Gasteiger partial charge >= 0.3 is 0 Å². The van der Waals surface area contributed by atoms with Crippen LogP contribution in [-0.4, -0.2) is 70.4 Å². The summed E-state index contributed by atoms with van der Waals surface area (Å²) in [6, 6.07) is 19.3. The fourth-order valence-electron chi connectivity index (χ4n) is 4.09. The van der Waals surface area contributed by atoms with E-state index in [0.717, 1.165) is 65.0 Å². The van der Waals surface area contributed by atoms with E-state index < -0.39 is 0 Å². The Morgan fingerprint density at radius 2 is 1.55 bits per heavy atom. The fourth-order valence-corrected chi connectivity index (χ4v) is 4.09. The fraction of sp³-hybridized carbons (Fsp3) is 0.435. The Balaban J connectivity index is 1.35. The molecule has 0 atom stereocenters. The van der Waals surface area contributed by atoms with Crippen molar-refractivity contribution in [2.75, 3.05) is 69.3 Å². The van der Waals surface area contributed by atoms with Crippen molar-refractivity contribution in [3.05, 3.63) is 60.2 Å². The highest BCUT2D eigenvalue weighted by atomic mass is 16.5. The molecule has 0 aliphatic carbocycles. The van der Waals surface area contributed by atoms with Crippen molar-refractivity contribution in [3.63, 3.8) is 0 Å². The summed E-state index contributed by atoms with van der Waals surface area (Å²) in [5, 5.41) is 3.59. The number of ether oxygens (including phenoxy) is 1. The van der Waals surface area contributed by atoms with Gasteiger partial charge in [0.05, 0.1) is 13.2 Å². The normalized spacial score (nSPS) is 18.1. The molecule has 0 saturated carbocycles. The number of nitrogens with zero attached hydrogens (tertiary/aromatic N) is 4. The van der Waals surface area contributed by atoms with Crippen LogP contribution in [0.1, 0.15) is 5.56 Å². The van der Waals surface area contributed by atoms with Crippen molar-refractivity contribution in [1.82, 2.24) is 10.2 Å². The van der Waals surface area contributed by atoms with E-state index in [4.69, 9.17) is 4.74 Å². The molecule has 0 amide bonds. The summed E-state index contributed by atoms with van der Waals surface area (Å²) < 4.78 is 5.51. The maximum atomic E-state index is 5.51. The maximum absolute atomic E-state index is 5.51. The molecule has 2 aromatic rings. The lowest BCUT2D eigenvalue weighted by atomic mass is 10.1. The number of benzene rings is 2. The highest BCUT2D eigenvalue weighted by Crippen LogP contribution is 2.21. The Labute approximate surface area is 173 Å². The zero-order chi connectivity index (χ0) is 19.9. The molecule has 2 aromatic carbocycles. The maximum Gasteiger partial charge on any atom is 0.194 e. The summed E-state index contributed by atoms with van der Waals surface area (Å²) in [4.78, 5) is 11.8. The molecular formula is C23H31N5O. The topological polar surface area (TPSA) is 43.3 Å². The summed E-state index contributed by atoms with van der Waals surface area (Å²) in [5.41, 5.74) is 3.90. The molecule has 2 saturated heterocycles. The smallest absolute Gasteiger partial charge is 0.194 e. The molecule has 2 aliphatic heterocycles. The van der Waals surface area contributed by atoms with Crippen LogP contribution in [0.4, 0.5) is 11.4 Å². The van der Waals surface area contributed by atoms with Gasteiger partial charge in [0.1, 0.15) is 0 Å². The van der Waals surface area contributed by atoms with Crippen LogP contribution in [-0.2, 0) is 11.3 Å². The van der Waals surface area contributed by atoms with Gasteiger partial charge < -0.3 is 24.8 Å². The molecule has 29 heavy (non-hydrogen) atoms. The first kappa shape index (κ1) is 19.6. The van der Waals surface area contributed by atoms with Gasteiger partial charge in [0, 0.05) is 64.2 Å². The molecule has 6 heteroatoms. The van der Waals surface area contributed by atoms with Gasteiger partial charge in [-0.05, 0) is 23.8 Å². The van der Waals surface area contributed by atoms with Gasteiger partial charge in [0.15, 0.2) is 5.96 Å². The number of guanidine groups is 1. The number of hydrogen-bond donors (Lipinski definition) is 1. The quantitative estimate of drug-likeness (QED) is 0.638. The first-order chi connectivity index (χ1) is 14.3. The molecule has 4 rings (SSSR count). The molecule has 6 nitrogen and oxygen atoms in total. The van der Waals surface area contributed by atoms with E-state index in [1.807, 2.05) is 7.05 Å². The molecule has 0 radical (unpaired) electrons. The van der Waals surface area contributed by atoms with Gasteiger partial charge in [0.25, 0.3) is 0 Å². The van der Waals surface area contributed by atoms with Crippen molar-refractivity contribution in [1.29, 1.82) is 0 Å². The minimum absolute atomic E-state index is 0.777. The number of nitrogens with one attached hydrogen (secondary N) is 1. The molecule has 2 fully saturated rings. The van der Waals surface area contributed by atoms with Gasteiger partial charge in [0.2, 0.25) is 0 Å². The molecule has 0 bridgehead atoms. The van der Waals surface area contributed by atoms with Crippen LogP contribution in [0.15, 0.2) is 59.6 Å². The number of morpholine rings is 1. The lowest BCUT2D eigenvalue weighted by Crippen LogP contribution is -2.52. The number of rotatable bonds is 4. The predicted octanol–water partition coefficient (Wildman–Crippen LogP) is 2.42. The average Bonchev–Trinajstić information content (AvgIpc) is 2.81. The van der Waals surface area contributed by atoms with Crippen molar-refractivity contribution in [3.8, 4) is 0 Å². The van der Waals surface area contributed by atoms with Crippen LogP contribution in [0.5, 0.6) is 0 Å². The summed E-state index contributed by atoms with van der Waals surface area (Å²) in [5.74, 6) is 0.981. The van der Waals surface area contributed by atoms with Crippen LogP contribution in [0.2, 0.25) is 0 Å². The Hall–Kier alpha value is -2.73. The van der Waals surface area contributed by atoms with Gasteiger partial charge in [-0.3, -0.25) is 4.99 Å². The molecule has 1 N–H and O–H groups in total. The molecule has 0 aromatic heterocycles. The van der Waals surface area contributed by atoms with Crippen LogP contribution in [0.25, 0.3) is 0 Å². The second kappa shape index (κ2) is 9.65. The minimum Gasteiger partial charge on any atom is -0.378 e. The average molecular weight is 394 g/mol. The van der Waals surface area contributed by atoms with Crippen molar-refractivity contribution < 1.29 is 4.74 Å². The first-order valence-corrected chi connectivity index (χ1v) is 10.5. The second-order valence-corrected chi connectivity index (χ2v) is 7.44. The van der Waals surface area contributed by atoms with Gasteiger partial charge in [-0.25, -0.2) is 0 Å². The van der Waals surface area contributed by atoms with E-state index in [-0.39, 0.29) is 0 Å². The lowest BCUT2D eigenvalue weighted by Gasteiger charge is -2.38. The Bertz CT molecular complexity index is 796. The van der Waals surface area contributed by atoms with Crippen molar-refractivity contribution >= 4 is 17.3 Å². The lowest BCUT2D eigenvalue weighted by molar-refractivity contribution is 0.122. The zero-order valence-corrected chi connectivity index (χ0v) is 17.3. The van der Waals surface area contributed by atoms with Gasteiger partial charge in [-0.1, -0.05) is 36.4 Å². The third-order valence-corrected chi connectivity index (χ3v) is 5.69. The van der Waals surface area contributed by atoms with Crippen molar-refractivity contribution in [2.24, 2.45) is 4.99 Å². The summed E-state index contributed by atoms with van der Waals surface area (Å²) in [6.07, 6.45) is 0. The number of piperazine rings is 1. The number of hydrogen-bond acceptors (Lipinski definition) is 4. The summed E-state index contributed by atoms with van der Waals surface area (Å²) in [6.45, 7) is 8.24. The Morgan fingerprint density at radius 1 is 0.862 bits per heavy atom. The number of aliphatic imine (C=N–C) groups is 1.